The number of aromatic nitrogens is 2. The van der Waals surface area contributed by atoms with Crippen LogP contribution in [-0.2, 0) is 0 Å². The van der Waals surface area contributed by atoms with Crippen LogP contribution in [0.4, 0.5) is 5.69 Å². The van der Waals surface area contributed by atoms with Gasteiger partial charge in [0.2, 0.25) is 0 Å². The lowest BCUT2D eigenvalue weighted by molar-refractivity contribution is 0.874. The molecule has 2 aromatic rings. The molecule has 0 bridgehead atoms. The highest BCUT2D eigenvalue weighted by molar-refractivity contribution is 9.09. The summed E-state index contributed by atoms with van der Waals surface area (Å²) in [7, 11) is 2.07. The summed E-state index contributed by atoms with van der Waals surface area (Å²) in [6.07, 6.45) is 1.82. The lowest BCUT2D eigenvalue weighted by Crippen LogP contribution is -2.24. The number of rotatable bonds is 3. The third kappa shape index (κ3) is 2.32. The van der Waals surface area contributed by atoms with Crippen molar-refractivity contribution in [3.63, 3.8) is 0 Å². The Hall–Kier alpha value is -1.16. The van der Waals surface area contributed by atoms with Gasteiger partial charge in [-0.15, -0.1) is 0 Å². The second kappa shape index (κ2) is 4.78. The zero-order valence-corrected chi connectivity index (χ0v) is 11.0. The number of hydrogen-bond acceptors (Lipinski definition) is 3. The predicted molar refractivity (Wildman–Crippen MR) is 71.2 cm³/mol. The van der Waals surface area contributed by atoms with Gasteiger partial charge in [0.1, 0.15) is 0 Å². The van der Waals surface area contributed by atoms with Gasteiger partial charge in [-0.2, -0.15) is 10.2 Å². The fraction of sp³-hybridized carbons (Fsp3) is 0.333. The first kappa shape index (κ1) is 11.3. The molecular formula is C12H14BrN3. The molecule has 84 valence electrons. The van der Waals surface area contributed by atoms with Crippen molar-refractivity contribution >= 4 is 32.5 Å². The maximum absolute atomic E-state index is 4.12. The second-order valence-electron chi connectivity index (χ2n) is 3.91. The van der Waals surface area contributed by atoms with Crippen LogP contribution in [-0.4, -0.2) is 28.6 Å². The standard InChI is InChI=1S/C12H14BrN3/c1-9(13)8-16(2)12-7-14-15-11-6-4-3-5-10(11)12/h3-7,9H,8H2,1-2H3. The number of hydrogen-bond donors (Lipinski definition) is 0. The number of alkyl halides is 1. The van der Waals surface area contributed by atoms with Crippen LogP contribution in [0.25, 0.3) is 10.9 Å². The summed E-state index contributed by atoms with van der Waals surface area (Å²) in [6, 6.07) is 8.07. The van der Waals surface area contributed by atoms with Crippen LogP contribution in [0.3, 0.4) is 0 Å². The fourth-order valence-electron chi connectivity index (χ4n) is 1.77. The van der Waals surface area contributed by atoms with Gasteiger partial charge in [-0.1, -0.05) is 41.1 Å². The average Bonchev–Trinajstić information content (AvgIpc) is 2.27. The Morgan fingerprint density at radius 1 is 1.38 bits per heavy atom. The highest BCUT2D eigenvalue weighted by atomic mass is 79.9. The molecular weight excluding hydrogens is 266 g/mol. The summed E-state index contributed by atoms with van der Waals surface area (Å²) in [5.41, 5.74) is 2.06. The molecule has 0 N–H and O–H groups in total. The first-order valence-electron chi connectivity index (χ1n) is 5.24. The molecule has 0 saturated carbocycles. The van der Waals surface area contributed by atoms with Gasteiger partial charge >= 0.3 is 0 Å². The van der Waals surface area contributed by atoms with E-state index in [9.17, 15) is 0 Å². The van der Waals surface area contributed by atoms with E-state index in [1.165, 1.54) is 0 Å². The summed E-state index contributed by atoms with van der Waals surface area (Å²) >= 11 is 3.56. The van der Waals surface area contributed by atoms with Gasteiger partial charge in [0.05, 0.1) is 17.4 Å². The fourth-order valence-corrected chi connectivity index (χ4v) is 2.21. The van der Waals surface area contributed by atoms with Gasteiger partial charge < -0.3 is 4.90 Å². The second-order valence-corrected chi connectivity index (χ2v) is 5.47. The van der Waals surface area contributed by atoms with E-state index in [1.54, 1.807) is 0 Å². The van der Waals surface area contributed by atoms with Gasteiger partial charge in [0, 0.05) is 23.8 Å². The van der Waals surface area contributed by atoms with Crippen molar-refractivity contribution in [1.82, 2.24) is 10.2 Å². The first-order chi connectivity index (χ1) is 7.68. The largest absolute Gasteiger partial charge is 0.372 e. The minimum atomic E-state index is 0.449. The molecule has 1 aromatic carbocycles. The third-order valence-corrected chi connectivity index (χ3v) is 2.75. The highest BCUT2D eigenvalue weighted by Gasteiger charge is 2.08. The lowest BCUT2D eigenvalue weighted by atomic mass is 10.2. The van der Waals surface area contributed by atoms with E-state index < -0.39 is 0 Å². The molecule has 0 aliphatic heterocycles. The van der Waals surface area contributed by atoms with Crippen LogP contribution >= 0.6 is 15.9 Å². The Morgan fingerprint density at radius 3 is 2.88 bits per heavy atom. The van der Waals surface area contributed by atoms with Crippen molar-refractivity contribution < 1.29 is 0 Å². The van der Waals surface area contributed by atoms with Crippen LogP contribution in [0.2, 0.25) is 0 Å². The Bertz CT molecular complexity index is 479. The molecule has 0 radical (unpaired) electrons. The van der Waals surface area contributed by atoms with Crippen LogP contribution in [0.15, 0.2) is 30.5 Å². The summed E-state index contributed by atoms with van der Waals surface area (Å²) in [6.45, 7) is 3.07. The number of halogens is 1. The highest BCUT2D eigenvalue weighted by Crippen LogP contribution is 2.23. The molecule has 2 rings (SSSR count). The van der Waals surface area contributed by atoms with E-state index in [2.05, 4.69) is 51.1 Å². The molecule has 1 atom stereocenters. The summed E-state index contributed by atoms with van der Waals surface area (Å²) in [5.74, 6) is 0. The molecule has 3 nitrogen and oxygen atoms in total. The van der Waals surface area contributed by atoms with E-state index >= 15 is 0 Å². The Balaban J connectivity index is 2.44. The number of anilines is 1. The minimum Gasteiger partial charge on any atom is -0.372 e. The number of nitrogens with zero attached hydrogens (tertiary/aromatic N) is 3. The molecule has 0 fully saturated rings. The lowest BCUT2D eigenvalue weighted by Gasteiger charge is -2.21. The molecule has 16 heavy (non-hydrogen) atoms. The molecule has 1 unspecified atom stereocenters. The van der Waals surface area contributed by atoms with Gasteiger partial charge in [-0.05, 0) is 6.07 Å². The van der Waals surface area contributed by atoms with Crippen LogP contribution in [0.5, 0.6) is 0 Å². The molecule has 1 aromatic heterocycles. The summed E-state index contributed by atoms with van der Waals surface area (Å²) in [4.78, 5) is 2.64. The van der Waals surface area contributed by atoms with Gasteiger partial charge in [-0.25, -0.2) is 0 Å². The van der Waals surface area contributed by atoms with Gasteiger partial charge in [0.15, 0.2) is 0 Å². The van der Waals surface area contributed by atoms with Crippen LogP contribution in [0, 0.1) is 0 Å². The molecule has 0 aliphatic carbocycles. The van der Waals surface area contributed by atoms with E-state index in [4.69, 9.17) is 0 Å². The SMILES string of the molecule is CC(Br)CN(C)c1cnnc2ccccc12. The maximum atomic E-state index is 4.12. The Labute approximate surface area is 104 Å². The molecule has 0 spiro atoms. The van der Waals surface area contributed by atoms with Crippen molar-refractivity contribution in [3.8, 4) is 0 Å². The quantitative estimate of drug-likeness (QED) is 0.809. The molecule has 4 heteroatoms. The Morgan fingerprint density at radius 2 is 2.12 bits per heavy atom. The third-order valence-electron chi connectivity index (χ3n) is 2.46. The van der Waals surface area contributed by atoms with E-state index in [0.717, 1.165) is 23.1 Å². The smallest absolute Gasteiger partial charge is 0.0950 e. The summed E-state index contributed by atoms with van der Waals surface area (Å²) in [5, 5.41) is 9.30. The maximum Gasteiger partial charge on any atom is 0.0950 e. The van der Waals surface area contributed by atoms with E-state index in [1.807, 2.05) is 24.4 Å². The zero-order chi connectivity index (χ0) is 11.5. The summed E-state index contributed by atoms with van der Waals surface area (Å²) < 4.78 is 0. The van der Waals surface area contributed by atoms with Crippen LogP contribution in [0.1, 0.15) is 6.92 Å². The van der Waals surface area contributed by atoms with Crippen molar-refractivity contribution in [2.75, 3.05) is 18.5 Å². The minimum absolute atomic E-state index is 0.449. The number of fused-ring (bicyclic) bond motifs is 1. The first-order valence-corrected chi connectivity index (χ1v) is 6.15. The molecule has 1 heterocycles. The normalized spacial score (nSPS) is 12.7. The van der Waals surface area contributed by atoms with Gasteiger partial charge in [0.25, 0.3) is 0 Å². The molecule has 0 amide bonds. The van der Waals surface area contributed by atoms with E-state index in [-0.39, 0.29) is 0 Å². The average molecular weight is 280 g/mol. The molecule has 0 aliphatic rings. The predicted octanol–water partition coefficient (Wildman–Crippen LogP) is 2.85. The number of benzene rings is 1. The zero-order valence-electron chi connectivity index (χ0n) is 9.39. The molecule has 0 saturated heterocycles. The van der Waals surface area contributed by atoms with Crippen molar-refractivity contribution in [2.45, 2.75) is 11.8 Å². The van der Waals surface area contributed by atoms with Crippen molar-refractivity contribution in [3.05, 3.63) is 30.5 Å². The Kier molecular flexibility index (Phi) is 3.39. The van der Waals surface area contributed by atoms with Crippen molar-refractivity contribution in [2.24, 2.45) is 0 Å². The van der Waals surface area contributed by atoms with E-state index in [0.29, 0.717) is 4.83 Å². The van der Waals surface area contributed by atoms with Gasteiger partial charge in [-0.3, -0.25) is 0 Å². The monoisotopic (exact) mass is 279 g/mol. The van der Waals surface area contributed by atoms with Crippen molar-refractivity contribution in [1.29, 1.82) is 0 Å². The van der Waals surface area contributed by atoms with Crippen LogP contribution < -0.4 is 4.90 Å². The topological polar surface area (TPSA) is 29.0 Å².